The predicted octanol–water partition coefficient (Wildman–Crippen LogP) is 3.06. The number of aromatic nitrogens is 1. The highest BCUT2D eigenvalue weighted by molar-refractivity contribution is 7.15. The Morgan fingerprint density at radius 1 is 1.12 bits per heavy atom. The summed E-state index contributed by atoms with van der Waals surface area (Å²) in [5.74, 6) is -0.131. The van der Waals surface area contributed by atoms with Gasteiger partial charge in [-0.15, -0.1) is 11.3 Å². The Kier molecular flexibility index (Phi) is 9.67. The Bertz CT molecular complexity index is 536. The van der Waals surface area contributed by atoms with Crippen molar-refractivity contribution < 1.29 is 9.59 Å². The van der Waals surface area contributed by atoms with Crippen LogP contribution in [0.2, 0.25) is 0 Å². The van der Waals surface area contributed by atoms with E-state index in [2.05, 4.69) is 36.0 Å². The minimum atomic E-state index is -0.182. The number of rotatable bonds is 11. The maximum absolute atomic E-state index is 12.5. The first-order chi connectivity index (χ1) is 11.9. The van der Waals surface area contributed by atoms with Crippen molar-refractivity contribution >= 4 is 28.3 Å². The van der Waals surface area contributed by atoms with Gasteiger partial charge in [0.25, 0.3) is 0 Å². The van der Waals surface area contributed by atoms with Gasteiger partial charge in [0.1, 0.15) is 0 Å². The highest BCUT2D eigenvalue weighted by Gasteiger charge is 2.18. The van der Waals surface area contributed by atoms with Gasteiger partial charge in [-0.3, -0.25) is 9.59 Å². The summed E-state index contributed by atoms with van der Waals surface area (Å²) in [5, 5.41) is 3.42. The van der Waals surface area contributed by atoms with Crippen LogP contribution in [0.15, 0.2) is 0 Å². The molecule has 7 heteroatoms. The fraction of sp³-hybridized carbons (Fsp3) is 0.722. The molecule has 1 N–H and O–H groups in total. The molecule has 0 spiro atoms. The van der Waals surface area contributed by atoms with E-state index in [1.54, 1.807) is 4.90 Å². The van der Waals surface area contributed by atoms with E-state index in [0.29, 0.717) is 18.1 Å². The van der Waals surface area contributed by atoms with E-state index in [4.69, 9.17) is 0 Å². The lowest BCUT2D eigenvalue weighted by atomic mass is 10.2. The van der Waals surface area contributed by atoms with Gasteiger partial charge in [0, 0.05) is 24.4 Å². The van der Waals surface area contributed by atoms with E-state index in [9.17, 15) is 9.59 Å². The van der Waals surface area contributed by atoms with Crippen LogP contribution in [0, 0.1) is 13.8 Å². The number of hydrogen-bond donors (Lipinski definition) is 1. The van der Waals surface area contributed by atoms with E-state index in [0.717, 1.165) is 43.0 Å². The molecule has 25 heavy (non-hydrogen) atoms. The van der Waals surface area contributed by atoms with E-state index in [-0.39, 0.29) is 18.4 Å². The van der Waals surface area contributed by atoms with Crippen LogP contribution in [0.1, 0.15) is 50.6 Å². The van der Waals surface area contributed by atoms with Crippen LogP contribution in [-0.4, -0.2) is 59.3 Å². The third-order valence-electron chi connectivity index (χ3n) is 4.29. The Labute approximate surface area is 155 Å². The molecule has 0 atom stereocenters. The number of carbonyl (C=O) groups excluding carboxylic acids is 2. The Morgan fingerprint density at radius 3 is 2.32 bits per heavy atom. The van der Waals surface area contributed by atoms with E-state index in [1.165, 1.54) is 11.3 Å². The van der Waals surface area contributed by atoms with E-state index >= 15 is 0 Å². The number of hydrogen-bond acceptors (Lipinski definition) is 5. The van der Waals surface area contributed by atoms with Crippen molar-refractivity contribution in [3.05, 3.63) is 10.6 Å². The molecule has 1 aromatic heterocycles. The number of likely N-dealkylation sites (N-methyl/N-ethyl adjacent to an activating group) is 1. The standard InChI is InChI=1S/C18H32N4O2S/c1-6-9-10-17(24)22(12-11-21(7-2)8-3)13-16(23)20-18-19-14(4)15(5)25-18/h6-13H2,1-5H3,(H,19,20,23). The van der Waals surface area contributed by atoms with Crippen molar-refractivity contribution in [1.82, 2.24) is 14.8 Å². The molecule has 0 aliphatic carbocycles. The number of carbonyl (C=O) groups is 2. The summed E-state index contributed by atoms with van der Waals surface area (Å²) in [5.41, 5.74) is 0.928. The second-order valence-electron chi connectivity index (χ2n) is 6.15. The van der Waals surface area contributed by atoms with Gasteiger partial charge < -0.3 is 15.1 Å². The SMILES string of the molecule is CCCCC(=O)N(CCN(CC)CC)CC(=O)Nc1nc(C)c(C)s1. The predicted molar refractivity (Wildman–Crippen MR) is 104 cm³/mol. The molecular weight excluding hydrogens is 336 g/mol. The number of nitrogens with zero attached hydrogens (tertiary/aromatic N) is 3. The molecule has 1 aromatic rings. The minimum absolute atomic E-state index is 0.0515. The van der Waals surface area contributed by atoms with Gasteiger partial charge in [-0.05, 0) is 33.4 Å². The molecule has 142 valence electrons. The average molecular weight is 369 g/mol. The Hall–Kier alpha value is -1.47. The van der Waals surface area contributed by atoms with Gasteiger partial charge in [0.05, 0.1) is 12.2 Å². The maximum Gasteiger partial charge on any atom is 0.245 e. The topological polar surface area (TPSA) is 65.5 Å². The highest BCUT2D eigenvalue weighted by atomic mass is 32.1. The summed E-state index contributed by atoms with van der Waals surface area (Å²) >= 11 is 1.46. The van der Waals surface area contributed by atoms with Crippen LogP contribution in [-0.2, 0) is 9.59 Å². The van der Waals surface area contributed by atoms with Crippen LogP contribution in [0.3, 0.4) is 0 Å². The second-order valence-corrected chi connectivity index (χ2v) is 7.36. The van der Waals surface area contributed by atoms with Gasteiger partial charge in [-0.2, -0.15) is 0 Å². The average Bonchev–Trinajstić information content (AvgIpc) is 2.89. The first-order valence-electron chi connectivity index (χ1n) is 9.15. The van der Waals surface area contributed by atoms with Crippen molar-refractivity contribution in [2.24, 2.45) is 0 Å². The molecule has 6 nitrogen and oxygen atoms in total. The van der Waals surface area contributed by atoms with Gasteiger partial charge in [0.2, 0.25) is 11.8 Å². The lowest BCUT2D eigenvalue weighted by Crippen LogP contribution is -2.42. The summed E-state index contributed by atoms with van der Waals surface area (Å²) in [6, 6.07) is 0. The van der Waals surface area contributed by atoms with Gasteiger partial charge in [0.15, 0.2) is 5.13 Å². The fourth-order valence-corrected chi connectivity index (χ4v) is 3.27. The highest BCUT2D eigenvalue weighted by Crippen LogP contribution is 2.20. The molecule has 0 aliphatic rings. The molecule has 0 fully saturated rings. The van der Waals surface area contributed by atoms with Crippen LogP contribution in [0.4, 0.5) is 5.13 Å². The Balaban J connectivity index is 2.66. The van der Waals surface area contributed by atoms with E-state index in [1.807, 2.05) is 13.8 Å². The number of thiazole rings is 1. The zero-order valence-corrected chi connectivity index (χ0v) is 17.0. The largest absolute Gasteiger partial charge is 0.332 e. The molecule has 0 aliphatic heterocycles. The van der Waals surface area contributed by atoms with Crippen molar-refractivity contribution in [2.45, 2.75) is 53.9 Å². The molecule has 0 unspecified atom stereocenters. The van der Waals surface area contributed by atoms with Crippen molar-refractivity contribution in [3.63, 3.8) is 0 Å². The number of anilines is 1. The molecule has 1 rings (SSSR count). The normalized spacial score (nSPS) is 11.0. The quantitative estimate of drug-likeness (QED) is 0.652. The number of unbranched alkanes of at least 4 members (excludes halogenated alkanes) is 1. The molecule has 0 saturated heterocycles. The first kappa shape index (κ1) is 21.6. The lowest BCUT2D eigenvalue weighted by molar-refractivity contribution is -0.135. The summed E-state index contributed by atoms with van der Waals surface area (Å²) in [4.78, 5) is 34.2. The van der Waals surface area contributed by atoms with Gasteiger partial charge in [-0.25, -0.2) is 4.98 Å². The van der Waals surface area contributed by atoms with Crippen LogP contribution in [0.25, 0.3) is 0 Å². The van der Waals surface area contributed by atoms with Crippen LogP contribution >= 0.6 is 11.3 Å². The minimum Gasteiger partial charge on any atom is -0.332 e. The summed E-state index contributed by atoms with van der Waals surface area (Å²) in [6.07, 6.45) is 2.32. The first-order valence-corrected chi connectivity index (χ1v) is 9.96. The molecule has 0 bridgehead atoms. The third-order valence-corrected chi connectivity index (χ3v) is 5.28. The van der Waals surface area contributed by atoms with Crippen molar-refractivity contribution in [2.75, 3.05) is 38.0 Å². The molecule has 0 aromatic carbocycles. The smallest absolute Gasteiger partial charge is 0.245 e. The lowest BCUT2D eigenvalue weighted by Gasteiger charge is -2.26. The molecule has 0 radical (unpaired) electrons. The number of nitrogens with one attached hydrogen (secondary N) is 1. The molecule has 2 amide bonds. The molecular formula is C18H32N4O2S. The Morgan fingerprint density at radius 2 is 1.80 bits per heavy atom. The summed E-state index contributed by atoms with van der Waals surface area (Å²) in [7, 11) is 0. The maximum atomic E-state index is 12.5. The van der Waals surface area contributed by atoms with Crippen molar-refractivity contribution in [1.29, 1.82) is 0 Å². The fourth-order valence-electron chi connectivity index (χ4n) is 2.44. The monoisotopic (exact) mass is 368 g/mol. The number of amides is 2. The summed E-state index contributed by atoms with van der Waals surface area (Å²) in [6.45, 7) is 13.5. The van der Waals surface area contributed by atoms with Gasteiger partial charge >= 0.3 is 0 Å². The second kappa shape index (κ2) is 11.2. The zero-order chi connectivity index (χ0) is 18.8. The number of aryl methyl sites for hydroxylation is 2. The van der Waals surface area contributed by atoms with E-state index < -0.39 is 0 Å². The van der Waals surface area contributed by atoms with Crippen molar-refractivity contribution in [3.8, 4) is 0 Å². The molecule has 0 saturated carbocycles. The van der Waals surface area contributed by atoms with Gasteiger partial charge in [-0.1, -0.05) is 27.2 Å². The molecule has 1 heterocycles. The summed E-state index contributed by atoms with van der Waals surface area (Å²) < 4.78 is 0. The third kappa shape index (κ3) is 7.52. The zero-order valence-electron chi connectivity index (χ0n) is 16.2. The van der Waals surface area contributed by atoms with Crippen LogP contribution < -0.4 is 5.32 Å². The van der Waals surface area contributed by atoms with Crippen LogP contribution in [0.5, 0.6) is 0 Å².